The van der Waals surface area contributed by atoms with Gasteiger partial charge >= 0.3 is 0 Å². The van der Waals surface area contributed by atoms with E-state index in [9.17, 15) is 9.59 Å². The minimum Gasteiger partial charge on any atom is -0.321 e. The predicted octanol–water partition coefficient (Wildman–Crippen LogP) is 5.74. The number of hydrogen-bond donors (Lipinski definition) is 1. The van der Waals surface area contributed by atoms with Crippen LogP contribution in [0.1, 0.15) is 15.9 Å². The van der Waals surface area contributed by atoms with Crippen LogP contribution in [0.25, 0.3) is 28.1 Å². The minimum atomic E-state index is -0.420. The molecule has 0 fully saturated rings. The van der Waals surface area contributed by atoms with E-state index in [4.69, 9.17) is 11.6 Å². The number of aromatic amines is 1. The number of carbonyl (C=O) groups is 1. The van der Waals surface area contributed by atoms with Gasteiger partial charge in [0.1, 0.15) is 0 Å². The van der Waals surface area contributed by atoms with Gasteiger partial charge in [0.2, 0.25) is 0 Å². The monoisotopic (exact) mass is 385 g/mol. The fourth-order valence-electron chi connectivity index (χ4n) is 3.22. The lowest BCUT2D eigenvalue weighted by Gasteiger charge is -2.11. The molecule has 4 heteroatoms. The number of nitrogens with one attached hydrogen (secondary N) is 1. The normalized spacial score (nSPS) is 11.2. The Hall–Kier alpha value is -3.43. The molecule has 0 aliphatic carbocycles. The van der Waals surface area contributed by atoms with Crippen molar-refractivity contribution in [2.24, 2.45) is 0 Å². The third kappa shape index (κ3) is 3.53. The fourth-order valence-corrected chi connectivity index (χ4v) is 3.40. The van der Waals surface area contributed by atoms with Crippen molar-refractivity contribution < 1.29 is 4.79 Å². The highest BCUT2D eigenvalue weighted by Crippen LogP contribution is 2.31. The van der Waals surface area contributed by atoms with Crippen LogP contribution in [0.15, 0.2) is 89.7 Å². The maximum Gasteiger partial charge on any atom is 0.260 e. The zero-order valence-electron chi connectivity index (χ0n) is 14.9. The molecule has 0 unspecified atom stereocenters. The van der Waals surface area contributed by atoms with Crippen molar-refractivity contribution in [2.75, 3.05) is 0 Å². The van der Waals surface area contributed by atoms with Gasteiger partial charge in [0.05, 0.1) is 5.56 Å². The molecule has 0 aliphatic heterocycles. The zero-order valence-corrected chi connectivity index (χ0v) is 15.6. The Kier molecular flexibility index (Phi) is 4.92. The number of benzene rings is 3. The smallest absolute Gasteiger partial charge is 0.260 e. The quantitative estimate of drug-likeness (QED) is 0.359. The summed E-state index contributed by atoms with van der Waals surface area (Å²) in [6.07, 6.45) is 3.14. The molecule has 0 saturated heterocycles. The summed E-state index contributed by atoms with van der Waals surface area (Å²) in [5.41, 5.74) is 2.58. The van der Waals surface area contributed by atoms with Gasteiger partial charge in [0.15, 0.2) is 5.78 Å². The van der Waals surface area contributed by atoms with E-state index in [2.05, 4.69) is 4.98 Å². The van der Waals surface area contributed by atoms with E-state index in [-0.39, 0.29) is 11.3 Å². The summed E-state index contributed by atoms with van der Waals surface area (Å²) in [5.74, 6) is -0.356. The number of H-pyrrole nitrogens is 1. The van der Waals surface area contributed by atoms with Crippen molar-refractivity contribution in [3.63, 3.8) is 0 Å². The van der Waals surface area contributed by atoms with Crippen molar-refractivity contribution >= 4 is 34.4 Å². The summed E-state index contributed by atoms with van der Waals surface area (Å²) in [5, 5.41) is 1.27. The highest BCUT2D eigenvalue weighted by molar-refractivity contribution is 6.31. The first-order chi connectivity index (χ1) is 13.6. The molecule has 136 valence electrons. The predicted molar refractivity (Wildman–Crippen MR) is 115 cm³/mol. The summed E-state index contributed by atoms with van der Waals surface area (Å²) in [4.78, 5) is 28.6. The average Bonchev–Trinajstić information content (AvgIpc) is 2.73. The molecule has 1 N–H and O–H groups in total. The van der Waals surface area contributed by atoms with Gasteiger partial charge in [-0.25, -0.2) is 0 Å². The number of carbonyl (C=O) groups excluding carboxylic acids is 1. The van der Waals surface area contributed by atoms with Gasteiger partial charge in [-0.05, 0) is 35.4 Å². The standard InChI is InChI=1S/C24H16ClNO2/c25-18-12-13-20-19(15-18)22(17-9-5-2-6-10-17)23(24(28)26-20)21(27)14-11-16-7-3-1-4-8-16/h1-15H,(H,26,28). The molecular formula is C24H16ClNO2. The highest BCUT2D eigenvalue weighted by atomic mass is 35.5. The molecule has 28 heavy (non-hydrogen) atoms. The molecule has 0 radical (unpaired) electrons. The number of allylic oxidation sites excluding steroid dienone is 1. The molecule has 0 aliphatic rings. The van der Waals surface area contributed by atoms with E-state index in [1.54, 1.807) is 24.3 Å². The SMILES string of the molecule is O=C(C=Cc1ccccc1)c1c(-c2ccccc2)c2cc(Cl)ccc2[nH]c1=O. The summed E-state index contributed by atoms with van der Waals surface area (Å²) in [6.45, 7) is 0. The Morgan fingerprint density at radius 2 is 1.57 bits per heavy atom. The Labute approximate surface area is 166 Å². The maximum atomic E-state index is 13.0. The first-order valence-corrected chi connectivity index (χ1v) is 9.20. The molecule has 0 atom stereocenters. The van der Waals surface area contributed by atoms with E-state index < -0.39 is 5.56 Å². The van der Waals surface area contributed by atoms with Crippen molar-refractivity contribution in [3.8, 4) is 11.1 Å². The number of hydrogen-bond acceptors (Lipinski definition) is 2. The number of aromatic nitrogens is 1. The Bertz CT molecular complexity index is 1240. The molecule has 3 aromatic carbocycles. The largest absolute Gasteiger partial charge is 0.321 e. The molecule has 0 bridgehead atoms. The van der Waals surface area contributed by atoms with Gasteiger partial charge in [0.25, 0.3) is 5.56 Å². The third-order valence-corrected chi connectivity index (χ3v) is 4.75. The van der Waals surface area contributed by atoms with Gasteiger partial charge in [-0.1, -0.05) is 78.3 Å². The topological polar surface area (TPSA) is 49.9 Å². The minimum absolute atomic E-state index is 0.105. The van der Waals surface area contributed by atoms with Crippen molar-refractivity contribution in [1.82, 2.24) is 4.98 Å². The average molecular weight is 386 g/mol. The highest BCUT2D eigenvalue weighted by Gasteiger charge is 2.19. The van der Waals surface area contributed by atoms with Crippen LogP contribution in [0.3, 0.4) is 0 Å². The summed E-state index contributed by atoms with van der Waals surface area (Å²) in [7, 11) is 0. The first-order valence-electron chi connectivity index (χ1n) is 8.82. The summed E-state index contributed by atoms with van der Waals surface area (Å²) >= 11 is 6.20. The Morgan fingerprint density at radius 3 is 2.29 bits per heavy atom. The van der Waals surface area contributed by atoms with Crippen LogP contribution < -0.4 is 5.56 Å². The second-order valence-corrected chi connectivity index (χ2v) is 6.80. The second-order valence-electron chi connectivity index (χ2n) is 6.37. The first kappa shape index (κ1) is 18.0. The molecule has 0 amide bonds. The van der Waals surface area contributed by atoms with Gasteiger partial charge in [-0.3, -0.25) is 9.59 Å². The lowest BCUT2D eigenvalue weighted by Crippen LogP contribution is -2.18. The van der Waals surface area contributed by atoms with Crippen molar-refractivity contribution in [3.05, 3.63) is 111 Å². The maximum absolute atomic E-state index is 13.0. The second kappa shape index (κ2) is 7.67. The van der Waals surface area contributed by atoms with Gasteiger partial charge < -0.3 is 4.98 Å². The molecule has 3 nitrogen and oxygen atoms in total. The summed E-state index contributed by atoms with van der Waals surface area (Å²) in [6, 6.07) is 24.1. The van der Waals surface area contributed by atoms with Gasteiger partial charge in [0, 0.05) is 21.5 Å². The van der Waals surface area contributed by atoms with E-state index in [1.807, 2.05) is 60.7 Å². The van der Waals surface area contributed by atoms with Crippen molar-refractivity contribution in [1.29, 1.82) is 0 Å². The van der Waals surface area contributed by atoms with Crippen LogP contribution in [0.2, 0.25) is 5.02 Å². The van der Waals surface area contributed by atoms with E-state index >= 15 is 0 Å². The lowest BCUT2D eigenvalue weighted by molar-refractivity contribution is 0.104. The van der Waals surface area contributed by atoms with Gasteiger partial charge in [-0.15, -0.1) is 0 Å². The third-order valence-electron chi connectivity index (χ3n) is 4.51. The van der Waals surface area contributed by atoms with Gasteiger partial charge in [-0.2, -0.15) is 0 Å². The van der Waals surface area contributed by atoms with Crippen LogP contribution in [-0.4, -0.2) is 10.8 Å². The number of fused-ring (bicyclic) bond motifs is 1. The van der Waals surface area contributed by atoms with E-state index in [1.165, 1.54) is 6.08 Å². The van der Waals surface area contributed by atoms with Crippen LogP contribution in [0.5, 0.6) is 0 Å². The van der Waals surface area contributed by atoms with Crippen LogP contribution >= 0.6 is 11.6 Å². The Morgan fingerprint density at radius 1 is 0.893 bits per heavy atom. The number of halogens is 1. The van der Waals surface area contributed by atoms with Crippen LogP contribution in [0, 0.1) is 0 Å². The molecule has 0 spiro atoms. The molecule has 4 aromatic rings. The Balaban J connectivity index is 1.95. The molecule has 0 saturated carbocycles. The number of rotatable bonds is 4. The summed E-state index contributed by atoms with van der Waals surface area (Å²) < 4.78 is 0. The van der Waals surface area contributed by atoms with Crippen LogP contribution in [-0.2, 0) is 0 Å². The molecular weight excluding hydrogens is 370 g/mol. The molecule has 1 aromatic heterocycles. The van der Waals surface area contributed by atoms with Crippen LogP contribution in [0.4, 0.5) is 0 Å². The van der Waals surface area contributed by atoms with Crippen molar-refractivity contribution in [2.45, 2.75) is 0 Å². The zero-order chi connectivity index (χ0) is 19.5. The number of pyridine rings is 1. The lowest BCUT2D eigenvalue weighted by atomic mass is 9.94. The van der Waals surface area contributed by atoms with E-state index in [0.717, 1.165) is 16.5 Å². The fraction of sp³-hybridized carbons (Fsp3) is 0. The van der Waals surface area contributed by atoms with E-state index in [0.29, 0.717) is 16.1 Å². The number of ketones is 1. The molecule has 4 rings (SSSR count). The molecule has 1 heterocycles.